The lowest BCUT2D eigenvalue weighted by Gasteiger charge is -2.06. The smallest absolute Gasteiger partial charge is 0.224 e. The molecular weight excluding hydrogens is 216 g/mol. The summed E-state index contributed by atoms with van der Waals surface area (Å²) in [6, 6.07) is 5.50. The predicted molar refractivity (Wildman–Crippen MR) is 65.2 cm³/mol. The van der Waals surface area contributed by atoms with Crippen LogP contribution in [0.2, 0.25) is 0 Å². The van der Waals surface area contributed by atoms with Crippen molar-refractivity contribution in [1.29, 1.82) is 0 Å². The summed E-state index contributed by atoms with van der Waals surface area (Å²) >= 11 is 0. The van der Waals surface area contributed by atoms with Gasteiger partial charge in [-0.2, -0.15) is 0 Å². The maximum Gasteiger partial charge on any atom is 0.224 e. The van der Waals surface area contributed by atoms with Gasteiger partial charge in [-0.05, 0) is 26.0 Å². The average Bonchev–Trinajstić information content (AvgIpc) is 2.33. The Morgan fingerprint density at radius 1 is 1.24 bits per heavy atom. The molecule has 2 rings (SSSR count). The van der Waals surface area contributed by atoms with E-state index in [0.29, 0.717) is 11.6 Å². The lowest BCUT2D eigenvalue weighted by molar-refractivity contribution is 0.459. The second-order valence-corrected chi connectivity index (χ2v) is 3.51. The van der Waals surface area contributed by atoms with E-state index in [0.717, 1.165) is 18.1 Å². The maximum absolute atomic E-state index is 5.57. The molecule has 0 saturated heterocycles. The van der Waals surface area contributed by atoms with Gasteiger partial charge in [0.2, 0.25) is 5.88 Å². The number of anilines is 1. The molecule has 5 nitrogen and oxygen atoms in total. The van der Waals surface area contributed by atoms with Crippen LogP contribution in [-0.4, -0.2) is 21.5 Å². The number of ether oxygens (including phenoxy) is 1. The Kier molecular flexibility index (Phi) is 3.49. The number of nitrogens with zero attached hydrogens (tertiary/aromatic N) is 3. The number of hydrogen-bond acceptors (Lipinski definition) is 5. The maximum atomic E-state index is 5.57. The molecule has 2 aromatic rings. The summed E-state index contributed by atoms with van der Waals surface area (Å²) in [5, 5.41) is 3.10. The van der Waals surface area contributed by atoms with Gasteiger partial charge in [0.15, 0.2) is 0 Å². The van der Waals surface area contributed by atoms with Crippen molar-refractivity contribution >= 4 is 5.82 Å². The molecule has 0 fully saturated rings. The van der Waals surface area contributed by atoms with Crippen molar-refractivity contribution in [1.82, 2.24) is 15.0 Å². The van der Waals surface area contributed by atoms with Crippen molar-refractivity contribution in [2.45, 2.75) is 13.8 Å². The van der Waals surface area contributed by atoms with Gasteiger partial charge in [0.1, 0.15) is 17.9 Å². The third-order valence-corrected chi connectivity index (χ3v) is 2.11. The number of hydrogen-bond donors (Lipinski definition) is 1. The van der Waals surface area contributed by atoms with Gasteiger partial charge in [-0.25, -0.2) is 9.97 Å². The molecule has 0 aromatic carbocycles. The molecule has 88 valence electrons. The van der Waals surface area contributed by atoms with E-state index in [-0.39, 0.29) is 0 Å². The monoisotopic (exact) mass is 230 g/mol. The molecule has 1 N–H and O–H groups in total. The number of aryl methyl sites for hydroxylation is 1. The fourth-order valence-electron chi connectivity index (χ4n) is 1.31. The lowest BCUT2D eigenvalue weighted by Crippen LogP contribution is -2.00. The first-order valence-corrected chi connectivity index (χ1v) is 5.44. The molecule has 0 aliphatic rings. The van der Waals surface area contributed by atoms with Gasteiger partial charge in [0, 0.05) is 18.3 Å². The van der Waals surface area contributed by atoms with Crippen molar-refractivity contribution in [2.24, 2.45) is 0 Å². The summed E-state index contributed by atoms with van der Waals surface area (Å²) in [4.78, 5) is 12.3. The zero-order chi connectivity index (χ0) is 12.1. The third kappa shape index (κ3) is 3.14. The molecule has 0 bridgehead atoms. The summed E-state index contributed by atoms with van der Waals surface area (Å²) in [5.74, 6) is 1.91. The molecule has 2 heterocycles. The van der Waals surface area contributed by atoms with Crippen molar-refractivity contribution in [3.05, 3.63) is 36.4 Å². The fraction of sp³-hybridized carbons (Fsp3) is 0.250. The van der Waals surface area contributed by atoms with Gasteiger partial charge in [-0.1, -0.05) is 0 Å². The van der Waals surface area contributed by atoms with Crippen LogP contribution in [0.15, 0.2) is 30.7 Å². The van der Waals surface area contributed by atoms with Gasteiger partial charge in [-0.15, -0.1) is 0 Å². The molecule has 0 saturated carbocycles. The second kappa shape index (κ2) is 5.25. The predicted octanol–water partition coefficient (Wildman–Crippen LogP) is 2.40. The number of nitrogens with one attached hydrogen (secondary N) is 1. The number of pyridine rings is 1. The molecule has 0 radical (unpaired) electrons. The number of rotatable bonds is 4. The summed E-state index contributed by atoms with van der Waals surface area (Å²) < 4.78 is 5.57. The Morgan fingerprint density at radius 2 is 2.12 bits per heavy atom. The van der Waals surface area contributed by atoms with Crippen LogP contribution in [0.3, 0.4) is 0 Å². The van der Waals surface area contributed by atoms with Crippen LogP contribution in [0.25, 0.3) is 0 Å². The normalized spacial score (nSPS) is 10.0. The topological polar surface area (TPSA) is 59.9 Å². The first-order chi connectivity index (χ1) is 8.28. The molecule has 0 aliphatic carbocycles. The van der Waals surface area contributed by atoms with Gasteiger partial charge in [-0.3, -0.25) is 4.98 Å². The van der Waals surface area contributed by atoms with Crippen LogP contribution in [0.1, 0.15) is 12.6 Å². The molecule has 0 unspecified atom stereocenters. The van der Waals surface area contributed by atoms with Crippen LogP contribution in [-0.2, 0) is 0 Å². The molecule has 2 aromatic heterocycles. The minimum atomic E-state index is 0.501. The van der Waals surface area contributed by atoms with E-state index in [2.05, 4.69) is 20.3 Å². The van der Waals surface area contributed by atoms with Crippen LogP contribution < -0.4 is 10.1 Å². The van der Waals surface area contributed by atoms with E-state index in [4.69, 9.17) is 4.74 Å². The summed E-state index contributed by atoms with van der Waals surface area (Å²) in [5.41, 5.74) is 0.952. The van der Waals surface area contributed by atoms with Gasteiger partial charge in [0.25, 0.3) is 0 Å². The first kappa shape index (κ1) is 11.3. The fourth-order valence-corrected chi connectivity index (χ4v) is 1.31. The third-order valence-electron chi connectivity index (χ3n) is 2.11. The van der Waals surface area contributed by atoms with E-state index >= 15 is 0 Å². The minimum Gasteiger partial charge on any atom is -0.437 e. The van der Waals surface area contributed by atoms with E-state index in [1.807, 2.05) is 26.0 Å². The van der Waals surface area contributed by atoms with Gasteiger partial charge in [0.05, 0.1) is 6.20 Å². The Labute approximate surface area is 99.9 Å². The Hall–Kier alpha value is -2.17. The van der Waals surface area contributed by atoms with E-state index in [1.165, 1.54) is 6.33 Å². The largest absolute Gasteiger partial charge is 0.437 e. The SMILES string of the molecule is CCNc1cc(Oc2ccc(C)nc2)ncn1. The summed E-state index contributed by atoms with van der Waals surface area (Å²) in [7, 11) is 0. The van der Waals surface area contributed by atoms with Gasteiger partial charge < -0.3 is 10.1 Å². The van der Waals surface area contributed by atoms with Crippen molar-refractivity contribution in [3.8, 4) is 11.6 Å². The Balaban J connectivity index is 2.12. The Morgan fingerprint density at radius 3 is 2.82 bits per heavy atom. The quantitative estimate of drug-likeness (QED) is 0.873. The van der Waals surface area contributed by atoms with Crippen LogP contribution in [0.4, 0.5) is 5.82 Å². The molecule has 0 aliphatic heterocycles. The van der Waals surface area contributed by atoms with Crippen molar-refractivity contribution < 1.29 is 4.74 Å². The number of aromatic nitrogens is 3. The zero-order valence-corrected chi connectivity index (χ0v) is 9.84. The highest BCUT2D eigenvalue weighted by Crippen LogP contribution is 2.19. The minimum absolute atomic E-state index is 0.501. The van der Waals surface area contributed by atoms with Crippen LogP contribution in [0, 0.1) is 6.92 Å². The molecule has 5 heteroatoms. The summed E-state index contributed by atoms with van der Waals surface area (Å²) in [6.07, 6.45) is 3.14. The zero-order valence-electron chi connectivity index (χ0n) is 9.84. The molecule has 0 atom stereocenters. The van der Waals surface area contributed by atoms with Crippen LogP contribution in [0.5, 0.6) is 11.6 Å². The van der Waals surface area contributed by atoms with Crippen molar-refractivity contribution in [3.63, 3.8) is 0 Å². The second-order valence-electron chi connectivity index (χ2n) is 3.51. The lowest BCUT2D eigenvalue weighted by atomic mass is 10.4. The highest BCUT2D eigenvalue weighted by molar-refractivity contribution is 5.38. The van der Waals surface area contributed by atoms with E-state index in [1.54, 1.807) is 12.3 Å². The summed E-state index contributed by atoms with van der Waals surface area (Å²) in [6.45, 7) is 4.74. The highest BCUT2D eigenvalue weighted by atomic mass is 16.5. The first-order valence-electron chi connectivity index (χ1n) is 5.44. The highest BCUT2D eigenvalue weighted by Gasteiger charge is 2.01. The molecule has 17 heavy (non-hydrogen) atoms. The van der Waals surface area contributed by atoms with Crippen LogP contribution >= 0.6 is 0 Å². The average molecular weight is 230 g/mol. The Bertz CT molecular complexity index is 484. The van der Waals surface area contributed by atoms with Gasteiger partial charge >= 0.3 is 0 Å². The standard InChI is InChI=1S/C12H14N4O/c1-3-13-11-6-12(16-8-15-11)17-10-5-4-9(2)14-7-10/h4-8H,3H2,1-2H3,(H,13,15,16). The molecular formula is C12H14N4O. The molecule has 0 amide bonds. The van der Waals surface area contributed by atoms with E-state index in [9.17, 15) is 0 Å². The van der Waals surface area contributed by atoms with E-state index < -0.39 is 0 Å². The van der Waals surface area contributed by atoms with Crippen molar-refractivity contribution in [2.75, 3.05) is 11.9 Å². The molecule has 0 spiro atoms.